The number of nitrogens with zero attached hydrogens (tertiary/aromatic N) is 4. The molecule has 0 unspecified atom stereocenters. The van der Waals surface area contributed by atoms with Crippen molar-refractivity contribution in [2.75, 3.05) is 25.0 Å². The standard InChI is InChI=1S/C18H20N6O/c1-24(14-4-7-19-8-5-14)16-6-9-20-17(22-16)12-2-3-13-11-21-23-18(25)15(13)10-12/h2-3,6,9-11,14,19H,4-5,7-8H2,1H3,(H,23,25). The van der Waals surface area contributed by atoms with E-state index in [-0.39, 0.29) is 5.56 Å². The van der Waals surface area contributed by atoms with Crippen molar-refractivity contribution in [2.45, 2.75) is 18.9 Å². The number of anilines is 1. The number of hydrogen-bond donors (Lipinski definition) is 2. The van der Waals surface area contributed by atoms with Crippen molar-refractivity contribution < 1.29 is 0 Å². The number of benzene rings is 1. The van der Waals surface area contributed by atoms with Crippen molar-refractivity contribution in [3.05, 3.63) is 47.0 Å². The first-order valence-corrected chi connectivity index (χ1v) is 8.47. The van der Waals surface area contributed by atoms with E-state index in [0.717, 1.165) is 42.7 Å². The second kappa shape index (κ2) is 6.60. The van der Waals surface area contributed by atoms with Crippen LogP contribution >= 0.6 is 0 Å². The normalized spacial score (nSPS) is 15.4. The molecule has 7 heteroatoms. The van der Waals surface area contributed by atoms with Crippen LogP contribution in [0.4, 0.5) is 5.82 Å². The van der Waals surface area contributed by atoms with E-state index in [2.05, 4.69) is 32.4 Å². The van der Waals surface area contributed by atoms with Gasteiger partial charge in [0.2, 0.25) is 0 Å². The number of H-pyrrole nitrogens is 1. The van der Waals surface area contributed by atoms with Crippen LogP contribution in [0.25, 0.3) is 22.2 Å². The monoisotopic (exact) mass is 336 g/mol. The zero-order chi connectivity index (χ0) is 17.2. The lowest BCUT2D eigenvalue weighted by Crippen LogP contribution is -2.41. The van der Waals surface area contributed by atoms with Gasteiger partial charge in [-0.05, 0) is 38.1 Å². The van der Waals surface area contributed by atoms with Crippen molar-refractivity contribution in [1.82, 2.24) is 25.5 Å². The summed E-state index contributed by atoms with van der Waals surface area (Å²) in [4.78, 5) is 23.3. The predicted molar refractivity (Wildman–Crippen MR) is 97.7 cm³/mol. The maximum atomic E-state index is 12.0. The average molecular weight is 336 g/mol. The van der Waals surface area contributed by atoms with Crippen molar-refractivity contribution in [3.8, 4) is 11.4 Å². The maximum absolute atomic E-state index is 12.0. The third-order valence-corrected chi connectivity index (χ3v) is 4.78. The number of fused-ring (bicyclic) bond motifs is 1. The summed E-state index contributed by atoms with van der Waals surface area (Å²) >= 11 is 0. The van der Waals surface area contributed by atoms with E-state index in [4.69, 9.17) is 4.98 Å². The van der Waals surface area contributed by atoms with Crippen LogP contribution in [-0.4, -0.2) is 46.3 Å². The Balaban J connectivity index is 1.69. The number of piperidine rings is 1. The summed E-state index contributed by atoms with van der Waals surface area (Å²) < 4.78 is 0. The fourth-order valence-corrected chi connectivity index (χ4v) is 3.29. The highest BCUT2D eigenvalue weighted by atomic mass is 16.1. The average Bonchev–Trinajstić information content (AvgIpc) is 2.68. The number of aromatic nitrogens is 4. The summed E-state index contributed by atoms with van der Waals surface area (Å²) in [6.45, 7) is 2.07. The highest BCUT2D eigenvalue weighted by molar-refractivity contribution is 5.84. The molecule has 0 saturated carbocycles. The third kappa shape index (κ3) is 3.10. The van der Waals surface area contributed by atoms with Gasteiger partial charge in [-0.2, -0.15) is 5.10 Å². The van der Waals surface area contributed by atoms with E-state index in [1.54, 1.807) is 12.4 Å². The molecule has 1 aliphatic heterocycles. The molecule has 1 aliphatic rings. The van der Waals surface area contributed by atoms with Crippen LogP contribution in [0.5, 0.6) is 0 Å². The molecule has 0 spiro atoms. The van der Waals surface area contributed by atoms with E-state index in [1.807, 2.05) is 24.3 Å². The molecule has 2 aromatic heterocycles. The SMILES string of the molecule is CN(c1ccnc(-c2ccc3cn[nH]c(=O)c3c2)n1)C1CCNCC1. The molecular weight excluding hydrogens is 316 g/mol. The lowest BCUT2D eigenvalue weighted by atomic mass is 10.1. The van der Waals surface area contributed by atoms with Gasteiger partial charge in [0.25, 0.3) is 5.56 Å². The third-order valence-electron chi connectivity index (χ3n) is 4.78. The van der Waals surface area contributed by atoms with E-state index >= 15 is 0 Å². The second-order valence-corrected chi connectivity index (χ2v) is 6.33. The van der Waals surface area contributed by atoms with Gasteiger partial charge in [0.15, 0.2) is 5.82 Å². The van der Waals surface area contributed by atoms with Crippen LogP contribution < -0.4 is 15.8 Å². The highest BCUT2D eigenvalue weighted by Crippen LogP contribution is 2.23. The number of aromatic amines is 1. The molecule has 0 atom stereocenters. The summed E-state index contributed by atoms with van der Waals surface area (Å²) in [7, 11) is 2.08. The predicted octanol–water partition coefficient (Wildman–Crippen LogP) is 1.57. The quantitative estimate of drug-likeness (QED) is 0.755. The van der Waals surface area contributed by atoms with E-state index in [0.29, 0.717) is 17.3 Å². The highest BCUT2D eigenvalue weighted by Gasteiger charge is 2.19. The van der Waals surface area contributed by atoms with Crippen LogP contribution in [-0.2, 0) is 0 Å². The van der Waals surface area contributed by atoms with Gasteiger partial charge in [-0.15, -0.1) is 0 Å². The molecule has 0 aliphatic carbocycles. The summed E-state index contributed by atoms with van der Waals surface area (Å²) in [6, 6.07) is 8.03. The minimum atomic E-state index is -0.206. The number of nitrogens with one attached hydrogen (secondary N) is 2. The molecule has 0 bridgehead atoms. The lowest BCUT2D eigenvalue weighted by Gasteiger charge is -2.32. The first-order chi connectivity index (χ1) is 12.2. The van der Waals surface area contributed by atoms with E-state index in [1.165, 1.54) is 0 Å². The largest absolute Gasteiger partial charge is 0.356 e. The Kier molecular flexibility index (Phi) is 4.15. The summed E-state index contributed by atoms with van der Waals surface area (Å²) in [5.74, 6) is 1.53. The molecule has 3 heterocycles. The summed E-state index contributed by atoms with van der Waals surface area (Å²) in [6.07, 6.45) is 5.63. The number of hydrogen-bond acceptors (Lipinski definition) is 6. The Morgan fingerprint density at radius 3 is 2.88 bits per heavy atom. The van der Waals surface area contributed by atoms with Crippen molar-refractivity contribution >= 4 is 16.6 Å². The molecule has 4 rings (SSSR count). The van der Waals surface area contributed by atoms with Crippen LogP contribution in [0, 0.1) is 0 Å². The zero-order valence-electron chi connectivity index (χ0n) is 14.1. The van der Waals surface area contributed by atoms with Gasteiger partial charge < -0.3 is 10.2 Å². The molecule has 2 N–H and O–H groups in total. The van der Waals surface area contributed by atoms with Crippen LogP contribution in [0.2, 0.25) is 0 Å². The number of rotatable bonds is 3. The molecule has 3 aromatic rings. The Labute approximate surface area is 145 Å². The Hall–Kier alpha value is -2.80. The van der Waals surface area contributed by atoms with E-state index in [9.17, 15) is 4.79 Å². The summed E-state index contributed by atoms with van der Waals surface area (Å²) in [5.41, 5.74) is 0.618. The molecule has 0 amide bonds. The Bertz CT molecular complexity index is 947. The molecule has 1 aromatic carbocycles. The fraction of sp³-hybridized carbons (Fsp3) is 0.333. The molecule has 25 heavy (non-hydrogen) atoms. The fourth-order valence-electron chi connectivity index (χ4n) is 3.29. The molecule has 128 valence electrons. The van der Waals surface area contributed by atoms with Gasteiger partial charge in [-0.3, -0.25) is 4.79 Å². The second-order valence-electron chi connectivity index (χ2n) is 6.33. The minimum absolute atomic E-state index is 0.206. The maximum Gasteiger partial charge on any atom is 0.272 e. The van der Waals surface area contributed by atoms with Gasteiger partial charge >= 0.3 is 0 Å². The van der Waals surface area contributed by atoms with Crippen LogP contribution in [0.1, 0.15) is 12.8 Å². The van der Waals surface area contributed by atoms with Gasteiger partial charge in [-0.25, -0.2) is 15.1 Å². The molecular formula is C18H20N6O. The Morgan fingerprint density at radius 2 is 2.04 bits per heavy atom. The smallest absolute Gasteiger partial charge is 0.272 e. The van der Waals surface area contributed by atoms with Gasteiger partial charge in [-0.1, -0.05) is 12.1 Å². The topological polar surface area (TPSA) is 86.8 Å². The summed E-state index contributed by atoms with van der Waals surface area (Å²) in [5, 5.41) is 11.1. The Morgan fingerprint density at radius 1 is 1.20 bits per heavy atom. The van der Waals surface area contributed by atoms with Crippen molar-refractivity contribution in [2.24, 2.45) is 0 Å². The molecule has 7 nitrogen and oxygen atoms in total. The van der Waals surface area contributed by atoms with Gasteiger partial charge in [0.05, 0.1) is 11.6 Å². The first-order valence-electron chi connectivity index (χ1n) is 8.47. The van der Waals surface area contributed by atoms with Crippen molar-refractivity contribution in [1.29, 1.82) is 0 Å². The van der Waals surface area contributed by atoms with Gasteiger partial charge in [0.1, 0.15) is 5.82 Å². The van der Waals surface area contributed by atoms with Crippen LogP contribution in [0.3, 0.4) is 0 Å². The molecule has 1 saturated heterocycles. The van der Waals surface area contributed by atoms with E-state index < -0.39 is 0 Å². The van der Waals surface area contributed by atoms with Crippen molar-refractivity contribution in [3.63, 3.8) is 0 Å². The van der Waals surface area contributed by atoms with Crippen LogP contribution in [0.15, 0.2) is 41.5 Å². The lowest BCUT2D eigenvalue weighted by molar-refractivity contribution is 0.441. The minimum Gasteiger partial charge on any atom is -0.356 e. The van der Waals surface area contributed by atoms with Gasteiger partial charge in [0, 0.05) is 30.2 Å². The molecule has 0 radical (unpaired) electrons. The molecule has 1 fully saturated rings. The first kappa shape index (κ1) is 15.7. The zero-order valence-corrected chi connectivity index (χ0v) is 14.1.